The van der Waals surface area contributed by atoms with Crippen LogP contribution in [0.2, 0.25) is 0 Å². The van der Waals surface area contributed by atoms with E-state index in [1.807, 2.05) is 12.1 Å². The van der Waals surface area contributed by atoms with Gasteiger partial charge in [-0.15, -0.1) is 0 Å². The molecule has 0 atom stereocenters. The molecule has 0 amide bonds. The summed E-state index contributed by atoms with van der Waals surface area (Å²) in [6.45, 7) is 6.83. The Kier molecular flexibility index (Phi) is 7.08. The number of ether oxygens (including phenoxy) is 1. The predicted octanol–water partition coefficient (Wildman–Crippen LogP) is 14.9. The maximum absolute atomic E-state index is 6.60. The van der Waals surface area contributed by atoms with Crippen molar-refractivity contribution in [1.82, 2.24) is 0 Å². The zero-order valence-corrected chi connectivity index (χ0v) is 31.5. The van der Waals surface area contributed by atoms with E-state index >= 15 is 0 Å². The van der Waals surface area contributed by atoms with E-state index < -0.39 is 0 Å². The van der Waals surface area contributed by atoms with E-state index in [1.165, 1.54) is 39.1 Å². The van der Waals surface area contributed by atoms with E-state index in [4.69, 9.17) is 9.15 Å². The summed E-state index contributed by atoms with van der Waals surface area (Å²) in [5.74, 6) is 1.79. The lowest BCUT2D eigenvalue weighted by Gasteiger charge is -2.45. The minimum absolute atomic E-state index is 0.245. The Morgan fingerprint density at radius 2 is 1.11 bits per heavy atom. The van der Waals surface area contributed by atoms with E-state index in [-0.39, 0.29) is 5.41 Å². The van der Waals surface area contributed by atoms with Gasteiger partial charge in [-0.25, -0.2) is 0 Å². The summed E-state index contributed by atoms with van der Waals surface area (Å²) >= 11 is 0. The fourth-order valence-electron chi connectivity index (χ4n) is 8.94. The van der Waals surface area contributed by atoms with Gasteiger partial charge < -0.3 is 19.0 Å². The molecule has 2 aliphatic rings. The number of hydrogen-bond acceptors (Lipinski definition) is 4. The highest BCUT2D eigenvalue weighted by Crippen LogP contribution is 2.60. The normalized spacial score (nSPS) is 13.5. The van der Waals surface area contributed by atoms with Crippen molar-refractivity contribution >= 4 is 56.1 Å². The minimum atomic E-state index is -0.245. The molecule has 0 spiro atoms. The van der Waals surface area contributed by atoms with Crippen molar-refractivity contribution in [2.75, 3.05) is 9.80 Å². The maximum atomic E-state index is 6.60. The molecule has 0 bridgehead atoms. The third-order valence-electron chi connectivity index (χ3n) is 11.8. The molecule has 268 valence electrons. The third-order valence-corrected chi connectivity index (χ3v) is 11.8. The Balaban J connectivity index is 1.02. The summed E-state index contributed by atoms with van der Waals surface area (Å²) in [6, 6.07) is 62.7. The number of furan rings is 1. The van der Waals surface area contributed by atoms with E-state index in [2.05, 4.69) is 194 Å². The number of fused-ring (bicyclic) bond motifs is 7. The summed E-state index contributed by atoms with van der Waals surface area (Å²) < 4.78 is 13.1. The minimum Gasteiger partial charge on any atom is -0.454 e. The smallest absolute Gasteiger partial charge is 0.159 e. The van der Waals surface area contributed by atoms with Gasteiger partial charge in [0.05, 0.1) is 22.7 Å². The molecule has 11 rings (SSSR count). The van der Waals surface area contributed by atoms with Gasteiger partial charge in [0, 0.05) is 27.6 Å². The SMILES string of the molecule is Cc1cccc2c1N1c3ccc(-c4ccc(N(c5ccc(-c6ccccc6)cc5)c5cccc6c5oc5ccccc56)cc4)cc3C(C)(C)c3cccc(c31)O2. The summed E-state index contributed by atoms with van der Waals surface area (Å²) in [4.78, 5) is 4.73. The van der Waals surface area contributed by atoms with E-state index in [0.29, 0.717) is 0 Å². The van der Waals surface area contributed by atoms with Gasteiger partial charge in [0.1, 0.15) is 5.58 Å². The molecular formula is C52H38N2O2. The lowest BCUT2D eigenvalue weighted by atomic mass is 9.72. The third kappa shape index (κ3) is 4.85. The molecule has 1 aromatic heterocycles. The van der Waals surface area contributed by atoms with Crippen molar-refractivity contribution in [3.63, 3.8) is 0 Å². The van der Waals surface area contributed by atoms with Crippen LogP contribution in [-0.2, 0) is 5.41 Å². The van der Waals surface area contributed by atoms with Gasteiger partial charge in [-0.2, -0.15) is 0 Å². The number of anilines is 6. The molecular weight excluding hydrogens is 685 g/mol. The molecule has 4 heteroatoms. The first-order valence-corrected chi connectivity index (χ1v) is 19.3. The van der Waals surface area contributed by atoms with Crippen LogP contribution < -0.4 is 14.5 Å². The predicted molar refractivity (Wildman–Crippen MR) is 231 cm³/mol. The van der Waals surface area contributed by atoms with Gasteiger partial charge in [0.15, 0.2) is 17.1 Å². The number of nitrogens with zero attached hydrogens (tertiary/aromatic N) is 2. The van der Waals surface area contributed by atoms with Gasteiger partial charge in [-0.1, -0.05) is 129 Å². The summed E-state index contributed by atoms with van der Waals surface area (Å²) in [6.07, 6.45) is 0. The van der Waals surface area contributed by atoms with Crippen molar-refractivity contribution in [3.05, 3.63) is 193 Å². The molecule has 0 saturated heterocycles. The lowest BCUT2D eigenvalue weighted by Crippen LogP contribution is -2.32. The standard InChI is InChI=1S/C52H38N2O2/c1-33-12-9-20-47-49(33)54-44-31-26-37(32-43(44)52(2,3)42-17-11-21-48(55-47)50(42)54)36-24-29-39(30-25-36)53(38-27-22-35(23-28-38)34-13-5-4-6-14-34)45-18-10-16-41-40-15-7-8-19-46(40)56-51(41)45/h4-32H,1-3H3. The van der Waals surface area contributed by atoms with Gasteiger partial charge in [-0.05, 0) is 107 Å². The van der Waals surface area contributed by atoms with Crippen molar-refractivity contribution < 1.29 is 9.15 Å². The zero-order chi connectivity index (χ0) is 37.5. The fraction of sp³-hybridized carbons (Fsp3) is 0.0769. The van der Waals surface area contributed by atoms with Crippen molar-refractivity contribution in [2.45, 2.75) is 26.2 Å². The van der Waals surface area contributed by atoms with Gasteiger partial charge in [0.2, 0.25) is 0 Å². The molecule has 0 unspecified atom stereocenters. The van der Waals surface area contributed by atoms with Crippen molar-refractivity contribution in [1.29, 1.82) is 0 Å². The second kappa shape index (κ2) is 12.2. The molecule has 0 N–H and O–H groups in total. The van der Waals surface area contributed by atoms with Crippen LogP contribution in [0.3, 0.4) is 0 Å². The molecule has 56 heavy (non-hydrogen) atoms. The summed E-state index contributed by atoms with van der Waals surface area (Å²) in [5.41, 5.74) is 16.5. The molecule has 2 aliphatic heterocycles. The summed E-state index contributed by atoms with van der Waals surface area (Å²) in [7, 11) is 0. The largest absolute Gasteiger partial charge is 0.454 e. The van der Waals surface area contributed by atoms with E-state index in [9.17, 15) is 0 Å². The highest BCUT2D eigenvalue weighted by atomic mass is 16.5. The second-order valence-corrected chi connectivity index (χ2v) is 15.4. The van der Waals surface area contributed by atoms with Gasteiger partial charge in [-0.3, -0.25) is 0 Å². The Bertz CT molecular complexity index is 2980. The molecule has 0 aliphatic carbocycles. The number of aryl methyl sites for hydroxylation is 1. The average molecular weight is 723 g/mol. The number of para-hydroxylation sites is 4. The highest BCUT2D eigenvalue weighted by Gasteiger charge is 2.42. The number of rotatable bonds is 5. The van der Waals surface area contributed by atoms with Crippen LogP contribution in [0, 0.1) is 6.92 Å². The molecule has 0 saturated carbocycles. The molecule has 4 nitrogen and oxygen atoms in total. The van der Waals surface area contributed by atoms with Gasteiger partial charge in [0.25, 0.3) is 0 Å². The molecule has 3 heterocycles. The molecule has 9 aromatic rings. The topological polar surface area (TPSA) is 28.9 Å². The van der Waals surface area contributed by atoms with Crippen LogP contribution >= 0.6 is 0 Å². The van der Waals surface area contributed by atoms with Crippen molar-refractivity contribution in [3.8, 4) is 33.8 Å². The monoisotopic (exact) mass is 722 g/mol. The Morgan fingerprint density at radius 3 is 1.88 bits per heavy atom. The first-order valence-electron chi connectivity index (χ1n) is 19.3. The Labute approximate surface area is 326 Å². The van der Waals surface area contributed by atoms with Crippen LogP contribution in [0.15, 0.2) is 180 Å². The fourth-order valence-corrected chi connectivity index (χ4v) is 8.94. The Hall–Kier alpha value is -7.04. The molecule has 0 radical (unpaired) electrons. The van der Waals surface area contributed by atoms with Crippen LogP contribution in [0.5, 0.6) is 11.5 Å². The highest BCUT2D eigenvalue weighted by molar-refractivity contribution is 6.10. The zero-order valence-electron chi connectivity index (χ0n) is 31.5. The maximum Gasteiger partial charge on any atom is 0.159 e. The van der Waals surface area contributed by atoms with E-state index in [0.717, 1.165) is 67.4 Å². The molecule has 0 fully saturated rings. The van der Waals surface area contributed by atoms with Crippen LogP contribution in [0.4, 0.5) is 34.1 Å². The Morgan fingerprint density at radius 1 is 0.500 bits per heavy atom. The van der Waals surface area contributed by atoms with Crippen LogP contribution in [0.25, 0.3) is 44.2 Å². The molecule has 8 aromatic carbocycles. The first-order chi connectivity index (χ1) is 27.4. The lowest BCUT2D eigenvalue weighted by molar-refractivity contribution is 0.471. The summed E-state index contributed by atoms with van der Waals surface area (Å²) in [5, 5.41) is 2.22. The van der Waals surface area contributed by atoms with E-state index in [1.54, 1.807) is 0 Å². The quantitative estimate of drug-likeness (QED) is 0.177. The van der Waals surface area contributed by atoms with Crippen LogP contribution in [0.1, 0.15) is 30.5 Å². The van der Waals surface area contributed by atoms with Crippen molar-refractivity contribution in [2.24, 2.45) is 0 Å². The number of hydrogen-bond donors (Lipinski definition) is 0. The first kappa shape index (κ1) is 32.4. The average Bonchev–Trinajstić information content (AvgIpc) is 3.63. The number of benzene rings is 8. The van der Waals surface area contributed by atoms with Crippen LogP contribution in [-0.4, -0.2) is 0 Å². The van der Waals surface area contributed by atoms with Gasteiger partial charge >= 0.3 is 0 Å². The second-order valence-electron chi connectivity index (χ2n) is 15.4.